The minimum absolute atomic E-state index is 0.784. The van der Waals surface area contributed by atoms with E-state index in [1.807, 2.05) is 38.2 Å². The van der Waals surface area contributed by atoms with Gasteiger partial charge in [-0.15, -0.1) is 10.2 Å². The number of benzene rings is 1. The Morgan fingerprint density at radius 2 is 1.94 bits per heavy atom. The monoisotopic (exact) mass is 245 g/mol. The standard InChI is InChI=1S/C11H11N5S/c1-7-15-16-10(13-14-11(16)17-7)8-3-5-9(12-2)6-4-8/h3-6,12H,1-2H3. The van der Waals surface area contributed by atoms with Gasteiger partial charge in [0.1, 0.15) is 5.01 Å². The largest absolute Gasteiger partial charge is 0.388 e. The van der Waals surface area contributed by atoms with Gasteiger partial charge in [0.2, 0.25) is 4.96 Å². The van der Waals surface area contributed by atoms with Crippen LogP contribution in [0.1, 0.15) is 5.01 Å². The van der Waals surface area contributed by atoms with E-state index < -0.39 is 0 Å². The summed E-state index contributed by atoms with van der Waals surface area (Å²) >= 11 is 1.54. The summed E-state index contributed by atoms with van der Waals surface area (Å²) in [7, 11) is 1.90. The lowest BCUT2D eigenvalue weighted by Gasteiger charge is -2.00. The van der Waals surface area contributed by atoms with Crippen LogP contribution in [-0.4, -0.2) is 26.9 Å². The van der Waals surface area contributed by atoms with E-state index in [4.69, 9.17) is 0 Å². The van der Waals surface area contributed by atoms with Gasteiger partial charge >= 0.3 is 0 Å². The van der Waals surface area contributed by atoms with Gasteiger partial charge < -0.3 is 5.32 Å². The quantitative estimate of drug-likeness (QED) is 0.752. The highest BCUT2D eigenvalue weighted by molar-refractivity contribution is 7.16. The van der Waals surface area contributed by atoms with Crippen molar-refractivity contribution in [2.75, 3.05) is 12.4 Å². The third-order valence-corrected chi connectivity index (χ3v) is 3.34. The number of nitrogens with one attached hydrogen (secondary N) is 1. The maximum atomic E-state index is 4.39. The SMILES string of the molecule is CNc1ccc(-c2nnc3sc(C)nn23)cc1. The van der Waals surface area contributed by atoms with E-state index in [1.165, 1.54) is 0 Å². The first kappa shape index (κ1) is 10.2. The molecule has 5 nitrogen and oxygen atoms in total. The Balaban J connectivity index is 2.12. The van der Waals surface area contributed by atoms with Crippen LogP contribution in [0, 0.1) is 6.92 Å². The third kappa shape index (κ3) is 1.66. The van der Waals surface area contributed by atoms with Crippen molar-refractivity contribution in [2.45, 2.75) is 6.92 Å². The van der Waals surface area contributed by atoms with Crippen molar-refractivity contribution in [3.05, 3.63) is 29.3 Å². The van der Waals surface area contributed by atoms with Gasteiger partial charge in [-0.2, -0.15) is 9.61 Å². The second-order valence-electron chi connectivity index (χ2n) is 3.67. The molecule has 1 aromatic carbocycles. The van der Waals surface area contributed by atoms with Gasteiger partial charge in [0.15, 0.2) is 5.82 Å². The number of fused-ring (bicyclic) bond motifs is 1. The summed E-state index contributed by atoms with van der Waals surface area (Å²) in [4.78, 5) is 0.829. The summed E-state index contributed by atoms with van der Waals surface area (Å²) in [6, 6.07) is 8.04. The Labute approximate surface area is 102 Å². The fourth-order valence-corrected chi connectivity index (χ4v) is 2.36. The van der Waals surface area contributed by atoms with E-state index in [1.54, 1.807) is 15.9 Å². The number of hydrogen-bond donors (Lipinski definition) is 1. The predicted octanol–water partition coefficient (Wildman–Crippen LogP) is 2.20. The van der Waals surface area contributed by atoms with E-state index in [9.17, 15) is 0 Å². The number of rotatable bonds is 2. The molecule has 86 valence electrons. The molecule has 0 aliphatic carbocycles. The molecule has 17 heavy (non-hydrogen) atoms. The predicted molar refractivity (Wildman–Crippen MR) is 68.4 cm³/mol. The molecule has 0 saturated carbocycles. The molecule has 1 N–H and O–H groups in total. The summed E-state index contributed by atoms with van der Waals surface area (Å²) in [6.07, 6.45) is 0. The average molecular weight is 245 g/mol. The topological polar surface area (TPSA) is 55.1 Å². The van der Waals surface area contributed by atoms with Gasteiger partial charge in [-0.1, -0.05) is 11.3 Å². The Kier molecular flexibility index (Phi) is 2.29. The van der Waals surface area contributed by atoms with Crippen LogP contribution in [0.4, 0.5) is 5.69 Å². The summed E-state index contributed by atoms with van der Waals surface area (Å²) in [5.74, 6) is 0.784. The van der Waals surface area contributed by atoms with Crippen LogP contribution in [0.3, 0.4) is 0 Å². The number of nitrogens with zero attached hydrogens (tertiary/aromatic N) is 4. The van der Waals surface area contributed by atoms with Gasteiger partial charge in [-0.25, -0.2) is 0 Å². The van der Waals surface area contributed by atoms with Crippen LogP contribution >= 0.6 is 11.3 Å². The highest BCUT2D eigenvalue weighted by atomic mass is 32.1. The molecule has 0 fully saturated rings. The molecule has 2 heterocycles. The fourth-order valence-electron chi connectivity index (χ4n) is 1.68. The van der Waals surface area contributed by atoms with Crippen molar-refractivity contribution in [3.63, 3.8) is 0 Å². The number of aryl methyl sites for hydroxylation is 1. The lowest BCUT2D eigenvalue weighted by atomic mass is 10.2. The van der Waals surface area contributed by atoms with E-state index in [0.717, 1.165) is 27.0 Å². The molecule has 6 heteroatoms. The molecule has 0 amide bonds. The van der Waals surface area contributed by atoms with Crippen LogP contribution in [0.5, 0.6) is 0 Å². The zero-order chi connectivity index (χ0) is 11.8. The minimum atomic E-state index is 0.784. The fraction of sp³-hybridized carbons (Fsp3) is 0.182. The third-order valence-electron chi connectivity index (χ3n) is 2.52. The van der Waals surface area contributed by atoms with Crippen molar-refractivity contribution in [1.29, 1.82) is 0 Å². The minimum Gasteiger partial charge on any atom is -0.388 e. The van der Waals surface area contributed by atoms with Crippen molar-refractivity contribution in [1.82, 2.24) is 19.8 Å². The van der Waals surface area contributed by atoms with Gasteiger partial charge in [0.05, 0.1) is 0 Å². The van der Waals surface area contributed by atoms with E-state index >= 15 is 0 Å². The van der Waals surface area contributed by atoms with Gasteiger partial charge in [-0.3, -0.25) is 0 Å². The zero-order valence-electron chi connectivity index (χ0n) is 9.51. The maximum absolute atomic E-state index is 4.39. The van der Waals surface area contributed by atoms with Crippen LogP contribution in [-0.2, 0) is 0 Å². The molecule has 0 atom stereocenters. The van der Waals surface area contributed by atoms with Crippen LogP contribution < -0.4 is 5.32 Å². The molecule has 0 saturated heterocycles. The maximum Gasteiger partial charge on any atom is 0.234 e. The summed E-state index contributed by atoms with van der Waals surface area (Å²) in [5, 5.41) is 16.7. The van der Waals surface area contributed by atoms with Crippen LogP contribution in [0.15, 0.2) is 24.3 Å². The number of aromatic nitrogens is 4. The summed E-state index contributed by atoms with van der Waals surface area (Å²) in [5.41, 5.74) is 2.09. The molecular weight excluding hydrogens is 234 g/mol. The molecule has 3 rings (SSSR count). The second-order valence-corrected chi connectivity index (χ2v) is 4.83. The van der Waals surface area contributed by atoms with Gasteiger partial charge in [0, 0.05) is 18.3 Å². The molecule has 0 bridgehead atoms. The number of hydrogen-bond acceptors (Lipinski definition) is 5. The highest BCUT2D eigenvalue weighted by Gasteiger charge is 2.11. The van der Waals surface area contributed by atoms with Gasteiger partial charge in [0.25, 0.3) is 0 Å². The molecule has 0 radical (unpaired) electrons. The van der Waals surface area contributed by atoms with Crippen molar-refractivity contribution in [3.8, 4) is 11.4 Å². The number of anilines is 1. The summed E-state index contributed by atoms with van der Waals surface area (Å²) in [6.45, 7) is 1.97. The van der Waals surface area contributed by atoms with Crippen LogP contribution in [0.2, 0.25) is 0 Å². The molecule has 0 spiro atoms. The zero-order valence-corrected chi connectivity index (χ0v) is 10.3. The normalized spacial score (nSPS) is 10.9. The highest BCUT2D eigenvalue weighted by Crippen LogP contribution is 2.22. The first-order valence-electron chi connectivity index (χ1n) is 5.25. The molecule has 3 aromatic rings. The van der Waals surface area contributed by atoms with E-state index in [2.05, 4.69) is 20.6 Å². The molecule has 0 unspecified atom stereocenters. The lowest BCUT2D eigenvalue weighted by molar-refractivity contribution is 0.941. The first-order valence-corrected chi connectivity index (χ1v) is 6.06. The van der Waals surface area contributed by atoms with Gasteiger partial charge in [-0.05, 0) is 31.2 Å². The second kappa shape index (κ2) is 3.81. The Bertz CT molecular complexity index is 652. The average Bonchev–Trinajstić information content (AvgIpc) is 2.88. The van der Waals surface area contributed by atoms with Crippen molar-refractivity contribution < 1.29 is 0 Å². The van der Waals surface area contributed by atoms with E-state index in [-0.39, 0.29) is 0 Å². The molecular formula is C11H11N5S. The van der Waals surface area contributed by atoms with Crippen LogP contribution in [0.25, 0.3) is 16.3 Å². The van der Waals surface area contributed by atoms with E-state index in [0.29, 0.717) is 0 Å². The molecule has 2 aromatic heterocycles. The van der Waals surface area contributed by atoms with Crippen molar-refractivity contribution in [2.24, 2.45) is 0 Å². The summed E-state index contributed by atoms with van der Waals surface area (Å²) < 4.78 is 1.79. The Hall–Kier alpha value is -1.95. The Morgan fingerprint density at radius 3 is 2.65 bits per heavy atom. The first-order chi connectivity index (χ1) is 8.28. The lowest BCUT2D eigenvalue weighted by Crippen LogP contribution is -1.92. The van der Waals surface area contributed by atoms with Crippen molar-refractivity contribution >= 4 is 22.0 Å². The smallest absolute Gasteiger partial charge is 0.234 e. The molecule has 0 aliphatic heterocycles. The molecule has 0 aliphatic rings. The Morgan fingerprint density at radius 1 is 1.18 bits per heavy atom.